The number of nitrogens with one attached hydrogen (secondary N) is 2. The van der Waals surface area contributed by atoms with Gasteiger partial charge >= 0.3 is 0 Å². The standard InChI is InChI=1S/C9H20N2O2/c1-2-5-11-9(13)8-10-6-3-4-7-12/h10,12H,2-8H2,1H3,(H,11,13). The summed E-state index contributed by atoms with van der Waals surface area (Å²) < 4.78 is 0. The Morgan fingerprint density at radius 3 is 2.69 bits per heavy atom. The van der Waals surface area contributed by atoms with Gasteiger partial charge in [0.1, 0.15) is 0 Å². The average Bonchev–Trinajstić information content (AvgIpc) is 2.14. The summed E-state index contributed by atoms with van der Waals surface area (Å²) in [6.45, 7) is 4.17. The lowest BCUT2D eigenvalue weighted by Gasteiger charge is -2.04. The number of hydrogen-bond acceptors (Lipinski definition) is 3. The minimum absolute atomic E-state index is 0.0471. The Bertz CT molecular complexity index is 129. The maximum Gasteiger partial charge on any atom is 0.233 e. The van der Waals surface area contributed by atoms with Crippen molar-refractivity contribution < 1.29 is 9.90 Å². The van der Waals surface area contributed by atoms with E-state index in [2.05, 4.69) is 10.6 Å². The molecule has 0 bridgehead atoms. The van der Waals surface area contributed by atoms with Crippen LogP contribution < -0.4 is 10.6 Å². The average molecular weight is 188 g/mol. The van der Waals surface area contributed by atoms with Gasteiger partial charge in [0.2, 0.25) is 5.91 Å². The minimum Gasteiger partial charge on any atom is -0.396 e. The summed E-state index contributed by atoms with van der Waals surface area (Å²) in [7, 11) is 0. The number of hydrogen-bond donors (Lipinski definition) is 3. The zero-order valence-electron chi connectivity index (χ0n) is 8.31. The fourth-order valence-corrected chi connectivity index (χ4v) is 0.891. The topological polar surface area (TPSA) is 61.4 Å². The third-order valence-electron chi connectivity index (χ3n) is 1.62. The van der Waals surface area contributed by atoms with Crippen molar-refractivity contribution in [3.63, 3.8) is 0 Å². The minimum atomic E-state index is 0.0471. The fraction of sp³-hybridized carbons (Fsp3) is 0.889. The van der Waals surface area contributed by atoms with Gasteiger partial charge in [-0.15, -0.1) is 0 Å². The lowest BCUT2D eigenvalue weighted by atomic mass is 10.3. The van der Waals surface area contributed by atoms with E-state index in [1.54, 1.807) is 0 Å². The van der Waals surface area contributed by atoms with Gasteiger partial charge in [-0.25, -0.2) is 0 Å². The molecule has 4 heteroatoms. The molecule has 4 nitrogen and oxygen atoms in total. The summed E-state index contributed by atoms with van der Waals surface area (Å²) in [4.78, 5) is 11.0. The maximum atomic E-state index is 11.0. The van der Waals surface area contributed by atoms with Crippen molar-refractivity contribution in [3.05, 3.63) is 0 Å². The molecule has 0 saturated carbocycles. The second-order valence-corrected chi connectivity index (χ2v) is 2.96. The van der Waals surface area contributed by atoms with Crippen molar-refractivity contribution in [2.24, 2.45) is 0 Å². The molecular formula is C9H20N2O2. The number of rotatable bonds is 8. The molecule has 0 aliphatic heterocycles. The molecular weight excluding hydrogens is 168 g/mol. The molecule has 0 atom stereocenters. The second kappa shape index (κ2) is 9.48. The van der Waals surface area contributed by atoms with E-state index in [1.807, 2.05) is 6.92 Å². The van der Waals surface area contributed by atoms with Crippen LogP contribution >= 0.6 is 0 Å². The molecule has 0 fully saturated rings. The highest BCUT2D eigenvalue weighted by Crippen LogP contribution is 1.82. The summed E-state index contributed by atoms with van der Waals surface area (Å²) >= 11 is 0. The Morgan fingerprint density at radius 1 is 1.31 bits per heavy atom. The van der Waals surface area contributed by atoms with Gasteiger partial charge in [0.05, 0.1) is 6.54 Å². The quantitative estimate of drug-likeness (QED) is 0.465. The zero-order valence-corrected chi connectivity index (χ0v) is 8.31. The molecule has 0 aliphatic rings. The first-order chi connectivity index (χ1) is 6.31. The van der Waals surface area contributed by atoms with Crippen molar-refractivity contribution in [3.8, 4) is 0 Å². The third-order valence-corrected chi connectivity index (χ3v) is 1.62. The van der Waals surface area contributed by atoms with E-state index < -0.39 is 0 Å². The van der Waals surface area contributed by atoms with Crippen molar-refractivity contribution in [1.29, 1.82) is 0 Å². The zero-order chi connectivity index (χ0) is 9.94. The van der Waals surface area contributed by atoms with E-state index in [9.17, 15) is 4.79 Å². The van der Waals surface area contributed by atoms with E-state index in [4.69, 9.17) is 5.11 Å². The number of carbonyl (C=O) groups excluding carboxylic acids is 1. The highest BCUT2D eigenvalue weighted by Gasteiger charge is 1.97. The van der Waals surface area contributed by atoms with E-state index in [0.717, 1.165) is 32.4 Å². The molecule has 0 radical (unpaired) electrons. The van der Waals surface area contributed by atoms with Crippen LogP contribution in [0.15, 0.2) is 0 Å². The van der Waals surface area contributed by atoms with E-state index >= 15 is 0 Å². The van der Waals surface area contributed by atoms with Crippen LogP contribution in [0.3, 0.4) is 0 Å². The predicted octanol–water partition coefficient (Wildman–Crippen LogP) is -0.125. The number of carbonyl (C=O) groups is 1. The van der Waals surface area contributed by atoms with Crippen LogP contribution in [0.4, 0.5) is 0 Å². The van der Waals surface area contributed by atoms with Gasteiger partial charge in [-0.1, -0.05) is 6.92 Å². The van der Waals surface area contributed by atoms with Gasteiger partial charge in [0.25, 0.3) is 0 Å². The summed E-state index contributed by atoms with van der Waals surface area (Å²) in [5, 5.41) is 14.3. The highest BCUT2D eigenvalue weighted by atomic mass is 16.2. The normalized spacial score (nSPS) is 10.0. The first kappa shape index (κ1) is 12.4. The lowest BCUT2D eigenvalue weighted by Crippen LogP contribution is -2.34. The van der Waals surface area contributed by atoms with Gasteiger partial charge < -0.3 is 15.7 Å². The largest absolute Gasteiger partial charge is 0.396 e. The molecule has 3 N–H and O–H groups in total. The second-order valence-electron chi connectivity index (χ2n) is 2.96. The Hall–Kier alpha value is -0.610. The van der Waals surface area contributed by atoms with Crippen LogP contribution in [0.1, 0.15) is 26.2 Å². The molecule has 0 heterocycles. The van der Waals surface area contributed by atoms with Crippen LogP contribution in [-0.2, 0) is 4.79 Å². The molecule has 0 aromatic rings. The number of unbranched alkanes of at least 4 members (excludes halogenated alkanes) is 1. The van der Waals surface area contributed by atoms with Crippen molar-refractivity contribution in [2.75, 3.05) is 26.2 Å². The van der Waals surface area contributed by atoms with Crippen LogP contribution in [0.5, 0.6) is 0 Å². The molecule has 0 aromatic heterocycles. The molecule has 0 rings (SSSR count). The van der Waals surface area contributed by atoms with Gasteiger partial charge in [-0.2, -0.15) is 0 Å². The summed E-state index contributed by atoms with van der Waals surface area (Å²) in [5.74, 6) is 0.0471. The van der Waals surface area contributed by atoms with Gasteiger partial charge in [-0.05, 0) is 25.8 Å². The van der Waals surface area contributed by atoms with Gasteiger partial charge in [-0.3, -0.25) is 4.79 Å². The smallest absolute Gasteiger partial charge is 0.233 e. The SMILES string of the molecule is CCCNC(=O)CNCCCCO. The van der Waals surface area contributed by atoms with Crippen molar-refractivity contribution in [1.82, 2.24) is 10.6 Å². The lowest BCUT2D eigenvalue weighted by molar-refractivity contribution is -0.120. The maximum absolute atomic E-state index is 11.0. The number of amides is 1. The van der Waals surface area contributed by atoms with Crippen LogP contribution in [-0.4, -0.2) is 37.3 Å². The van der Waals surface area contributed by atoms with Crippen molar-refractivity contribution in [2.45, 2.75) is 26.2 Å². The molecule has 0 unspecified atom stereocenters. The van der Waals surface area contributed by atoms with E-state index in [1.165, 1.54) is 0 Å². The van der Waals surface area contributed by atoms with Gasteiger partial charge in [0.15, 0.2) is 0 Å². The van der Waals surface area contributed by atoms with E-state index in [-0.39, 0.29) is 12.5 Å². The van der Waals surface area contributed by atoms with Crippen LogP contribution in [0, 0.1) is 0 Å². The Kier molecular flexibility index (Phi) is 9.03. The summed E-state index contributed by atoms with van der Waals surface area (Å²) in [6, 6.07) is 0. The van der Waals surface area contributed by atoms with Crippen molar-refractivity contribution >= 4 is 5.91 Å². The van der Waals surface area contributed by atoms with Crippen LogP contribution in [0.2, 0.25) is 0 Å². The fourth-order valence-electron chi connectivity index (χ4n) is 0.891. The summed E-state index contributed by atoms with van der Waals surface area (Å²) in [6.07, 6.45) is 2.68. The first-order valence-corrected chi connectivity index (χ1v) is 4.89. The summed E-state index contributed by atoms with van der Waals surface area (Å²) in [5.41, 5.74) is 0. The first-order valence-electron chi connectivity index (χ1n) is 4.89. The van der Waals surface area contributed by atoms with Gasteiger partial charge in [0, 0.05) is 13.2 Å². The Morgan fingerprint density at radius 2 is 2.08 bits per heavy atom. The number of aliphatic hydroxyl groups excluding tert-OH is 1. The van der Waals surface area contributed by atoms with Crippen LogP contribution in [0.25, 0.3) is 0 Å². The molecule has 0 spiro atoms. The molecule has 0 aliphatic carbocycles. The number of aliphatic hydroxyl groups is 1. The predicted molar refractivity (Wildman–Crippen MR) is 52.5 cm³/mol. The van der Waals surface area contributed by atoms with E-state index in [0.29, 0.717) is 6.54 Å². The molecule has 0 aromatic carbocycles. The third kappa shape index (κ3) is 9.30. The molecule has 0 saturated heterocycles. The Balaban J connectivity index is 3.08. The molecule has 1 amide bonds. The Labute approximate surface area is 79.7 Å². The molecule has 78 valence electrons. The monoisotopic (exact) mass is 188 g/mol. The highest BCUT2D eigenvalue weighted by molar-refractivity contribution is 5.77. The molecule has 13 heavy (non-hydrogen) atoms.